The van der Waals surface area contributed by atoms with Gasteiger partial charge < -0.3 is 19.9 Å². The summed E-state index contributed by atoms with van der Waals surface area (Å²) >= 11 is 0. The van der Waals surface area contributed by atoms with Gasteiger partial charge in [-0.25, -0.2) is 0 Å². The van der Waals surface area contributed by atoms with Gasteiger partial charge in [0.2, 0.25) is 5.91 Å². The number of benzene rings is 1. The van der Waals surface area contributed by atoms with Crippen LogP contribution in [-0.4, -0.2) is 55.5 Å². The highest BCUT2D eigenvalue weighted by Gasteiger charge is 2.20. The zero-order chi connectivity index (χ0) is 19.1. The summed E-state index contributed by atoms with van der Waals surface area (Å²) in [4.78, 5) is 39.6. The van der Waals surface area contributed by atoms with Crippen molar-refractivity contribution in [3.63, 3.8) is 0 Å². The summed E-state index contributed by atoms with van der Waals surface area (Å²) in [6.07, 6.45) is 5.66. The molecule has 2 saturated heterocycles. The minimum absolute atomic E-state index is 0.0213. The van der Waals surface area contributed by atoms with Gasteiger partial charge in [0.15, 0.2) is 6.61 Å². The molecule has 0 aliphatic carbocycles. The van der Waals surface area contributed by atoms with Crippen molar-refractivity contribution in [2.45, 2.75) is 38.5 Å². The number of hydrogen-bond donors (Lipinski definition) is 1. The molecule has 1 aromatic carbocycles. The molecular weight excluding hydrogens is 346 g/mol. The lowest BCUT2D eigenvalue weighted by Crippen LogP contribution is -2.36. The van der Waals surface area contributed by atoms with Gasteiger partial charge >= 0.3 is 5.97 Å². The minimum Gasteiger partial charge on any atom is -0.454 e. The molecule has 2 aliphatic rings. The summed E-state index contributed by atoms with van der Waals surface area (Å²) in [5.41, 5.74) is 1.82. The van der Waals surface area contributed by atoms with E-state index in [4.69, 9.17) is 4.74 Å². The Morgan fingerprint density at radius 2 is 1.67 bits per heavy atom. The molecule has 2 heterocycles. The van der Waals surface area contributed by atoms with E-state index in [-0.39, 0.29) is 25.0 Å². The van der Waals surface area contributed by atoms with E-state index in [0.717, 1.165) is 38.0 Å². The number of ether oxygens (including phenoxy) is 1. The van der Waals surface area contributed by atoms with Crippen LogP contribution < -0.4 is 10.2 Å². The van der Waals surface area contributed by atoms with E-state index in [1.165, 1.54) is 17.7 Å². The molecule has 2 fully saturated rings. The fraction of sp³-hybridized carbons (Fsp3) is 0.550. The van der Waals surface area contributed by atoms with Crippen LogP contribution in [0.4, 0.5) is 11.4 Å². The Kier molecular flexibility index (Phi) is 6.68. The monoisotopic (exact) mass is 373 g/mol. The fourth-order valence-electron chi connectivity index (χ4n) is 3.48. The first-order valence-electron chi connectivity index (χ1n) is 9.70. The number of nitrogens with zero attached hydrogens (tertiary/aromatic N) is 2. The number of rotatable bonds is 6. The molecular formula is C20H27N3O4. The van der Waals surface area contributed by atoms with Crippen molar-refractivity contribution in [1.82, 2.24) is 4.90 Å². The Bertz CT molecular complexity index is 668. The van der Waals surface area contributed by atoms with Crippen molar-refractivity contribution in [2.24, 2.45) is 0 Å². The van der Waals surface area contributed by atoms with E-state index in [1.54, 1.807) is 0 Å². The molecule has 3 rings (SSSR count). The molecule has 0 atom stereocenters. The summed E-state index contributed by atoms with van der Waals surface area (Å²) < 4.78 is 5.02. The molecule has 1 aromatic rings. The fourth-order valence-corrected chi connectivity index (χ4v) is 3.48. The number of nitrogens with one attached hydrogen (secondary N) is 1. The Morgan fingerprint density at radius 3 is 2.41 bits per heavy atom. The molecule has 0 aromatic heterocycles. The third-order valence-electron chi connectivity index (χ3n) is 4.98. The number of carbonyl (C=O) groups excluding carboxylic acids is 3. The summed E-state index contributed by atoms with van der Waals surface area (Å²) in [6, 6.07) is 7.67. The topological polar surface area (TPSA) is 79.0 Å². The van der Waals surface area contributed by atoms with Gasteiger partial charge in [-0.1, -0.05) is 6.42 Å². The van der Waals surface area contributed by atoms with Gasteiger partial charge in [0, 0.05) is 37.4 Å². The molecule has 0 bridgehead atoms. The van der Waals surface area contributed by atoms with Crippen molar-refractivity contribution in [2.75, 3.05) is 43.0 Å². The molecule has 2 amide bonds. The number of amides is 2. The molecule has 0 spiro atoms. The van der Waals surface area contributed by atoms with E-state index in [2.05, 4.69) is 10.2 Å². The Hall–Kier alpha value is -2.57. The van der Waals surface area contributed by atoms with E-state index in [9.17, 15) is 14.4 Å². The van der Waals surface area contributed by atoms with Crippen LogP contribution in [0.1, 0.15) is 38.5 Å². The Morgan fingerprint density at radius 1 is 0.963 bits per heavy atom. The van der Waals surface area contributed by atoms with Gasteiger partial charge in [-0.3, -0.25) is 14.4 Å². The van der Waals surface area contributed by atoms with Crippen LogP contribution in [0.15, 0.2) is 24.3 Å². The van der Waals surface area contributed by atoms with Gasteiger partial charge in [0.1, 0.15) is 6.54 Å². The number of anilines is 2. The molecule has 0 unspecified atom stereocenters. The van der Waals surface area contributed by atoms with Crippen LogP contribution in [0.3, 0.4) is 0 Å². The quantitative estimate of drug-likeness (QED) is 0.773. The minimum atomic E-state index is -0.551. The summed E-state index contributed by atoms with van der Waals surface area (Å²) in [5, 5.41) is 2.72. The standard InChI is InChI=1S/C20H27N3O4/c24-18(15-27-20(26)14-23-13-3-1-2-6-19(23)25)21-16-7-9-17(10-8-16)22-11-4-5-12-22/h7-10H,1-6,11-15H2,(H,21,24). The maximum Gasteiger partial charge on any atom is 0.326 e. The largest absolute Gasteiger partial charge is 0.454 e. The van der Waals surface area contributed by atoms with Crippen LogP contribution in [0.2, 0.25) is 0 Å². The predicted octanol–water partition coefficient (Wildman–Crippen LogP) is 2.17. The van der Waals surface area contributed by atoms with Gasteiger partial charge in [-0.2, -0.15) is 0 Å². The van der Waals surface area contributed by atoms with Crippen LogP contribution in [0.5, 0.6) is 0 Å². The van der Waals surface area contributed by atoms with Crippen LogP contribution >= 0.6 is 0 Å². The van der Waals surface area contributed by atoms with Crippen molar-refractivity contribution in [3.05, 3.63) is 24.3 Å². The van der Waals surface area contributed by atoms with Crippen molar-refractivity contribution >= 4 is 29.2 Å². The van der Waals surface area contributed by atoms with Crippen molar-refractivity contribution in [3.8, 4) is 0 Å². The summed E-state index contributed by atoms with van der Waals surface area (Å²) in [5.74, 6) is -0.962. The average molecular weight is 373 g/mol. The zero-order valence-corrected chi connectivity index (χ0v) is 15.6. The highest BCUT2D eigenvalue weighted by Crippen LogP contribution is 2.22. The Balaban J connectivity index is 1.41. The van der Waals surface area contributed by atoms with Crippen molar-refractivity contribution in [1.29, 1.82) is 0 Å². The smallest absolute Gasteiger partial charge is 0.326 e. The van der Waals surface area contributed by atoms with E-state index >= 15 is 0 Å². The summed E-state index contributed by atoms with van der Waals surface area (Å²) in [7, 11) is 0. The maximum atomic E-state index is 12.0. The molecule has 7 nitrogen and oxygen atoms in total. The van der Waals surface area contributed by atoms with E-state index in [0.29, 0.717) is 18.7 Å². The van der Waals surface area contributed by atoms with Crippen LogP contribution in [-0.2, 0) is 19.1 Å². The first kappa shape index (κ1) is 19.2. The van der Waals surface area contributed by atoms with Crippen molar-refractivity contribution < 1.29 is 19.1 Å². The first-order chi connectivity index (χ1) is 13.1. The number of esters is 1. The van der Waals surface area contributed by atoms with Gasteiger partial charge in [-0.15, -0.1) is 0 Å². The molecule has 0 saturated carbocycles. The van der Waals surface area contributed by atoms with Gasteiger partial charge in [0.25, 0.3) is 5.91 Å². The van der Waals surface area contributed by atoms with Gasteiger partial charge in [0.05, 0.1) is 0 Å². The highest BCUT2D eigenvalue weighted by molar-refractivity contribution is 5.93. The SMILES string of the molecule is O=C(COC(=O)CN1CCCCCC1=O)Nc1ccc(N2CCCC2)cc1. The van der Waals surface area contributed by atoms with Crippen LogP contribution in [0, 0.1) is 0 Å². The second-order valence-corrected chi connectivity index (χ2v) is 7.08. The number of carbonyl (C=O) groups is 3. The predicted molar refractivity (Wildman–Crippen MR) is 103 cm³/mol. The highest BCUT2D eigenvalue weighted by atomic mass is 16.5. The maximum absolute atomic E-state index is 12.0. The third-order valence-corrected chi connectivity index (χ3v) is 4.98. The third kappa shape index (κ3) is 5.70. The molecule has 0 radical (unpaired) electrons. The van der Waals surface area contributed by atoms with Gasteiger partial charge in [-0.05, 0) is 49.9 Å². The summed E-state index contributed by atoms with van der Waals surface area (Å²) in [6.45, 7) is 2.28. The van der Waals surface area contributed by atoms with Crippen LogP contribution in [0.25, 0.3) is 0 Å². The lowest BCUT2D eigenvalue weighted by Gasteiger charge is -2.19. The Labute approximate surface area is 159 Å². The molecule has 7 heteroatoms. The molecule has 27 heavy (non-hydrogen) atoms. The first-order valence-corrected chi connectivity index (χ1v) is 9.70. The number of likely N-dealkylation sites (tertiary alicyclic amines) is 1. The molecule has 146 valence electrons. The van der Waals surface area contributed by atoms with E-state index in [1.807, 2.05) is 24.3 Å². The molecule has 2 aliphatic heterocycles. The zero-order valence-electron chi connectivity index (χ0n) is 15.6. The second-order valence-electron chi connectivity index (χ2n) is 7.08. The second kappa shape index (κ2) is 9.39. The normalized spacial score (nSPS) is 17.6. The lowest BCUT2D eigenvalue weighted by atomic mass is 10.2. The number of hydrogen-bond acceptors (Lipinski definition) is 5. The van der Waals surface area contributed by atoms with E-state index < -0.39 is 5.97 Å². The average Bonchev–Trinajstić information content (AvgIpc) is 3.13. The molecule has 1 N–H and O–H groups in total. The lowest BCUT2D eigenvalue weighted by molar-refractivity contribution is -0.151.